The highest BCUT2D eigenvalue weighted by Crippen LogP contribution is 2.36. The summed E-state index contributed by atoms with van der Waals surface area (Å²) in [4.78, 5) is 20.0. The van der Waals surface area contributed by atoms with E-state index in [1.165, 1.54) is 13.4 Å². The number of anilines is 1. The lowest BCUT2D eigenvalue weighted by Gasteiger charge is -2.14. The number of ether oxygens (including phenoxy) is 2. The van der Waals surface area contributed by atoms with Crippen molar-refractivity contribution in [2.75, 3.05) is 18.4 Å². The zero-order valence-corrected chi connectivity index (χ0v) is 19.6. The maximum Gasteiger partial charge on any atom is 0.272 e. The Morgan fingerprint density at radius 1 is 1.24 bits per heavy atom. The summed E-state index contributed by atoms with van der Waals surface area (Å²) in [6, 6.07) is 3.45. The van der Waals surface area contributed by atoms with Crippen LogP contribution in [0.4, 0.5) is 14.7 Å². The molecule has 34 heavy (non-hydrogen) atoms. The summed E-state index contributed by atoms with van der Waals surface area (Å²) in [7, 11) is -0.455. The van der Waals surface area contributed by atoms with Crippen LogP contribution in [0.15, 0.2) is 41.9 Å². The molecule has 2 N–H and O–H groups in total. The fourth-order valence-corrected chi connectivity index (χ4v) is 4.51. The smallest absolute Gasteiger partial charge is 0.272 e. The zero-order chi connectivity index (χ0) is 24.2. The van der Waals surface area contributed by atoms with E-state index in [9.17, 15) is 13.0 Å². The first-order valence-electron chi connectivity index (χ1n) is 10.0. The van der Waals surface area contributed by atoms with Gasteiger partial charge in [0, 0.05) is 35.1 Å². The van der Waals surface area contributed by atoms with Crippen molar-refractivity contribution in [3.05, 3.63) is 47.8 Å². The number of nitrogens with zero attached hydrogens (tertiary/aromatic N) is 4. The van der Waals surface area contributed by atoms with Crippen LogP contribution in [0.3, 0.4) is 0 Å². The number of hydrogen-bond donors (Lipinski definition) is 2. The molecule has 3 aromatic heterocycles. The van der Waals surface area contributed by atoms with E-state index in [0.29, 0.717) is 44.1 Å². The van der Waals surface area contributed by atoms with Gasteiger partial charge in [-0.3, -0.25) is 4.72 Å². The number of H-pyrrole nitrogens is 1. The molecule has 0 amide bonds. The van der Waals surface area contributed by atoms with Crippen LogP contribution in [-0.2, 0) is 17.4 Å². The molecule has 0 saturated carbocycles. The molecule has 0 saturated heterocycles. The van der Waals surface area contributed by atoms with Gasteiger partial charge in [0.05, 0.1) is 28.2 Å². The summed E-state index contributed by atoms with van der Waals surface area (Å²) >= 11 is 6.42. The van der Waals surface area contributed by atoms with Crippen molar-refractivity contribution in [1.29, 1.82) is 0 Å². The monoisotopic (exact) mass is 508 g/mol. The Hall–Kier alpha value is -3.38. The number of alkyl halides is 2. The Morgan fingerprint density at radius 3 is 2.68 bits per heavy atom. The third kappa shape index (κ3) is 4.77. The van der Waals surface area contributed by atoms with Crippen LogP contribution in [-0.4, -0.2) is 49.3 Å². The molecule has 0 bridgehead atoms. The van der Waals surface area contributed by atoms with Gasteiger partial charge in [-0.1, -0.05) is 24.6 Å². The minimum atomic E-state index is -2.66. The third-order valence-electron chi connectivity index (χ3n) is 4.79. The molecule has 1 atom stereocenters. The molecule has 13 heteroatoms. The third-order valence-corrected chi connectivity index (χ3v) is 6.21. The number of nitrogens with one attached hydrogen (secondary N) is 2. The molecule has 0 aliphatic rings. The molecule has 4 aromatic rings. The van der Waals surface area contributed by atoms with Crippen LogP contribution in [0.2, 0.25) is 5.02 Å². The van der Waals surface area contributed by atoms with Gasteiger partial charge in [-0.05, 0) is 12.5 Å². The Bertz CT molecular complexity index is 1310. The van der Waals surface area contributed by atoms with E-state index in [0.717, 1.165) is 0 Å². The second kappa shape index (κ2) is 10.3. The number of hydrogen-bond acceptors (Lipinski definition) is 7. The molecule has 4 rings (SSSR count). The Balaban J connectivity index is 1.68. The minimum absolute atomic E-state index is 0.00331. The summed E-state index contributed by atoms with van der Waals surface area (Å²) in [5.41, 5.74) is 2.38. The number of aryl methyl sites for hydroxylation is 1. The Morgan fingerprint density at radius 2 is 2.00 bits per heavy atom. The lowest BCUT2D eigenvalue weighted by Crippen LogP contribution is -2.14. The van der Waals surface area contributed by atoms with Crippen molar-refractivity contribution in [1.82, 2.24) is 24.9 Å². The van der Waals surface area contributed by atoms with Crippen LogP contribution in [0.1, 0.15) is 12.6 Å². The highest BCUT2D eigenvalue weighted by atomic mass is 35.5. The summed E-state index contributed by atoms with van der Waals surface area (Å²) in [6.07, 6.45) is 3.96. The number of methoxy groups -OCH3 is 1. The molecule has 9 nitrogen and oxygen atoms in total. The van der Waals surface area contributed by atoms with Crippen LogP contribution in [0.5, 0.6) is 11.6 Å². The van der Waals surface area contributed by atoms with Crippen molar-refractivity contribution in [3.8, 4) is 22.8 Å². The number of benzene rings is 1. The van der Waals surface area contributed by atoms with Crippen molar-refractivity contribution in [2.24, 2.45) is 0 Å². The van der Waals surface area contributed by atoms with Crippen molar-refractivity contribution >= 4 is 39.4 Å². The lowest BCUT2D eigenvalue weighted by atomic mass is 10.1. The number of rotatable bonds is 9. The number of aromatic nitrogens is 5. The average Bonchev–Trinajstić information content (AvgIpc) is 3.27. The van der Waals surface area contributed by atoms with Crippen molar-refractivity contribution < 1.29 is 22.5 Å². The van der Waals surface area contributed by atoms with Gasteiger partial charge in [0.1, 0.15) is 12.9 Å². The molecule has 0 fully saturated rings. The molecule has 0 aliphatic carbocycles. The molecule has 0 spiro atoms. The predicted octanol–water partition coefficient (Wildman–Crippen LogP) is 4.42. The molecular weight excluding hydrogens is 490 g/mol. The molecule has 0 radical (unpaired) electrons. The second-order valence-corrected chi connectivity index (χ2v) is 8.47. The highest BCUT2D eigenvalue weighted by molar-refractivity contribution is 7.86. The van der Waals surface area contributed by atoms with Crippen LogP contribution in [0, 0.1) is 0 Å². The highest BCUT2D eigenvalue weighted by Gasteiger charge is 2.21. The topological polar surface area (TPSA) is 115 Å². The maximum atomic E-state index is 13.2. The second-order valence-electron chi connectivity index (χ2n) is 6.88. The van der Waals surface area contributed by atoms with Crippen LogP contribution >= 0.6 is 11.6 Å². The lowest BCUT2D eigenvalue weighted by molar-refractivity contribution is 0.0793. The van der Waals surface area contributed by atoms with E-state index in [-0.39, 0.29) is 17.6 Å². The fourth-order valence-electron chi connectivity index (χ4n) is 3.34. The number of halogens is 3. The predicted molar refractivity (Wildman–Crippen MR) is 124 cm³/mol. The van der Waals surface area contributed by atoms with Crippen molar-refractivity contribution in [3.63, 3.8) is 0 Å². The standard InChI is InChI=1S/C21H19ClF2N6O3S/c1-3-14-19(33-9-16(23)24)20(32-2)29-21(28-14)30-34(31)15-8-27-18-12(15)4-5-13(22)17(18)11-6-25-10-26-7-11/h4-8,10,16,27H,3,9H2,1-2H3,(H,28,29,30). The Labute approximate surface area is 200 Å². The SMILES string of the molecule is CCc1nc(NS(=O)c2c[nH]c3c(-c4cncnc4)c(Cl)ccc23)nc(OC)c1OCC(F)F. The zero-order valence-electron chi connectivity index (χ0n) is 18.0. The molecule has 178 valence electrons. The van der Waals surface area contributed by atoms with Gasteiger partial charge in [0.25, 0.3) is 12.3 Å². The van der Waals surface area contributed by atoms with Gasteiger partial charge in [-0.2, -0.15) is 4.98 Å². The molecule has 3 heterocycles. The van der Waals surface area contributed by atoms with Gasteiger partial charge < -0.3 is 14.5 Å². The van der Waals surface area contributed by atoms with Crippen LogP contribution in [0.25, 0.3) is 22.0 Å². The summed E-state index contributed by atoms with van der Waals surface area (Å²) in [6.45, 7) is 0.952. The van der Waals surface area contributed by atoms with E-state index < -0.39 is 24.0 Å². The molecule has 0 aliphatic heterocycles. The Kier molecular flexibility index (Phi) is 7.17. The van der Waals surface area contributed by atoms with Crippen molar-refractivity contribution in [2.45, 2.75) is 24.7 Å². The van der Waals surface area contributed by atoms with Gasteiger partial charge in [-0.15, -0.1) is 0 Å². The quantitative estimate of drug-likeness (QED) is 0.344. The fraction of sp³-hybridized carbons (Fsp3) is 0.238. The molecule has 1 unspecified atom stereocenters. The van der Waals surface area contributed by atoms with E-state index in [1.54, 1.807) is 37.6 Å². The van der Waals surface area contributed by atoms with E-state index in [4.69, 9.17) is 21.1 Å². The summed E-state index contributed by atoms with van der Waals surface area (Å²) < 4.78 is 51.5. The first kappa shape index (κ1) is 23.8. The van der Waals surface area contributed by atoms with E-state index in [1.807, 2.05) is 0 Å². The average molecular weight is 509 g/mol. The van der Waals surface area contributed by atoms with Gasteiger partial charge in [0.2, 0.25) is 11.7 Å². The van der Waals surface area contributed by atoms with Crippen LogP contribution < -0.4 is 14.2 Å². The largest absolute Gasteiger partial charge is 0.480 e. The van der Waals surface area contributed by atoms with Gasteiger partial charge in [-0.25, -0.2) is 27.9 Å². The summed E-state index contributed by atoms with van der Waals surface area (Å²) in [5, 5.41) is 1.14. The number of aromatic amines is 1. The summed E-state index contributed by atoms with van der Waals surface area (Å²) in [5.74, 6) is -0.0152. The molecule has 1 aromatic carbocycles. The normalized spacial score (nSPS) is 12.2. The minimum Gasteiger partial charge on any atom is -0.480 e. The first-order chi connectivity index (χ1) is 16.4. The van der Waals surface area contributed by atoms with Gasteiger partial charge in [0.15, 0.2) is 11.0 Å². The maximum absolute atomic E-state index is 13.2. The number of fused-ring (bicyclic) bond motifs is 1. The van der Waals surface area contributed by atoms with E-state index >= 15 is 0 Å². The molecular formula is C21H19ClF2N6O3S. The first-order valence-corrected chi connectivity index (χ1v) is 11.5. The van der Waals surface area contributed by atoms with E-state index in [2.05, 4.69) is 29.6 Å². The van der Waals surface area contributed by atoms with Gasteiger partial charge >= 0.3 is 0 Å².